The summed E-state index contributed by atoms with van der Waals surface area (Å²) in [5, 5.41) is 2.84. The molecule has 1 aromatic heterocycles. The van der Waals surface area contributed by atoms with Gasteiger partial charge >= 0.3 is 0 Å². The van der Waals surface area contributed by atoms with Gasteiger partial charge in [0.15, 0.2) is 9.84 Å². The molecule has 0 saturated heterocycles. The third-order valence-corrected chi connectivity index (χ3v) is 3.76. The average molecular weight is 260 g/mol. The summed E-state index contributed by atoms with van der Waals surface area (Å²) in [5.41, 5.74) is 7.78. The SMILES string of the molecule is CCS(=O)(=O)CCNc1cc(NN)nc(N)n1. The maximum Gasteiger partial charge on any atom is 0.223 e. The van der Waals surface area contributed by atoms with Crippen molar-refractivity contribution in [3.8, 4) is 0 Å². The van der Waals surface area contributed by atoms with Crippen molar-refractivity contribution in [2.24, 2.45) is 5.84 Å². The fourth-order valence-corrected chi connectivity index (χ4v) is 1.81. The Morgan fingerprint density at radius 2 is 2.00 bits per heavy atom. The van der Waals surface area contributed by atoms with Crippen LogP contribution in [0.5, 0.6) is 0 Å². The molecule has 6 N–H and O–H groups in total. The van der Waals surface area contributed by atoms with Gasteiger partial charge in [-0.1, -0.05) is 6.92 Å². The molecule has 1 aromatic rings. The van der Waals surface area contributed by atoms with Gasteiger partial charge in [0.2, 0.25) is 5.95 Å². The first-order valence-corrected chi connectivity index (χ1v) is 6.84. The molecule has 0 bridgehead atoms. The molecule has 0 atom stereocenters. The van der Waals surface area contributed by atoms with Crippen LogP contribution >= 0.6 is 0 Å². The van der Waals surface area contributed by atoms with Gasteiger partial charge in [-0.05, 0) is 0 Å². The van der Waals surface area contributed by atoms with Crippen LogP contribution in [0.4, 0.5) is 17.6 Å². The third kappa shape index (κ3) is 4.41. The van der Waals surface area contributed by atoms with Crippen molar-refractivity contribution in [1.29, 1.82) is 0 Å². The van der Waals surface area contributed by atoms with E-state index in [9.17, 15) is 8.42 Å². The molecule has 1 heterocycles. The minimum atomic E-state index is -2.99. The highest BCUT2D eigenvalue weighted by atomic mass is 32.2. The van der Waals surface area contributed by atoms with Gasteiger partial charge in [-0.15, -0.1) is 0 Å². The van der Waals surface area contributed by atoms with Gasteiger partial charge < -0.3 is 16.5 Å². The van der Waals surface area contributed by atoms with Crippen molar-refractivity contribution in [3.63, 3.8) is 0 Å². The molecular weight excluding hydrogens is 244 g/mol. The summed E-state index contributed by atoms with van der Waals surface area (Å²) in [6.45, 7) is 1.87. The number of nitrogens with one attached hydrogen (secondary N) is 2. The van der Waals surface area contributed by atoms with E-state index in [-0.39, 0.29) is 24.0 Å². The number of aromatic nitrogens is 2. The lowest BCUT2D eigenvalue weighted by Crippen LogP contribution is -2.18. The molecule has 0 spiro atoms. The first-order chi connectivity index (χ1) is 7.96. The molecule has 96 valence electrons. The minimum Gasteiger partial charge on any atom is -0.369 e. The number of hydrogen-bond donors (Lipinski definition) is 4. The topological polar surface area (TPSA) is 136 Å². The van der Waals surface area contributed by atoms with Gasteiger partial charge in [0.1, 0.15) is 11.6 Å². The summed E-state index contributed by atoms with van der Waals surface area (Å²) >= 11 is 0. The predicted molar refractivity (Wildman–Crippen MR) is 67.1 cm³/mol. The molecule has 0 aromatic carbocycles. The Hall–Kier alpha value is -1.61. The number of hydrazine groups is 1. The van der Waals surface area contributed by atoms with Crippen LogP contribution in [-0.2, 0) is 9.84 Å². The molecule has 9 heteroatoms. The second-order valence-electron chi connectivity index (χ2n) is 3.30. The summed E-state index contributed by atoms with van der Waals surface area (Å²) in [5.74, 6) is 6.19. The molecule has 0 radical (unpaired) electrons. The maximum atomic E-state index is 11.2. The minimum absolute atomic E-state index is 0.0405. The zero-order valence-corrected chi connectivity index (χ0v) is 10.3. The van der Waals surface area contributed by atoms with Gasteiger partial charge in [-0.3, -0.25) is 0 Å². The highest BCUT2D eigenvalue weighted by Crippen LogP contribution is 2.10. The molecule has 0 aliphatic rings. The lowest BCUT2D eigenvalue weighted by molar-refractivity contribution is 0.597. The normalized spacial score (nSPS) is 11.2. The molecule has 0 amide bonds. The smallest absolute Gasteiger partial charge is 0.223 e. The summed E-state index contributed by atoms with van der Waals surface area (Å²) < 4.78 is 22.5. The van der Waals surface area contributed by atoms with E-state index in [0.717, 1.165) is 0 Å². The number of nitrogens with two attached hydrogens (primary N) is 2. The van der Waals surface area contributed by atoms with Gasteiger partial charge in [0.05, 0.1) is 5.75 Å². The summed E-state index contributed by atoms with van der Waals surface area (Å²) in [6.07, 6.45) is 0. The molecule has 8 nitrogen and oxygen atoms in total. The largest absolute Gasteiger partial charge is 0.369 e. The first-order valence-electron chi connectivity index (χ1n) is 5.02. The zero-order valence-electron chi connectivity index (χ0n) is 9.47. The Labute approximate surface area is 99.7 Å². The van der Waals surface area contributed by atoms with E-state index in [0.29, 0.717) is 11.6 Å². The number of nitrogen functional groups attached to an aromatic ring is 2. The molecule has 0 fully saturated rings. The van der Waals surface area contributed by atoms with E-state index in [2.05, 4.69) is 20.7 Å². The van der Waals surface area contributed by atoms with Crippen LogP contribution in [0.1, 0.15) is 6.92 Å². The molecule has 1 rings (SSSR count). The lowest BCUT2D eigenvalue weighted by Gasteiger charge is -2.07. The maximum absolute atomic E-state index is 11.2. The Morgan fingerprint density at radius 1 is 1.35 bits per heavy atom. The average Bonchev–Trinajstić information content (AvgIpc) is 2.28. The van der Waals surface area contributed by atoms with Gasteiger partial charge in [0, 0.05) is 18.4 Å². The Balaban J connectivity index is 2.61. The first kappa shape index (κ1) is 13.5. The fourth-order valence-electron chi connectivity index (χ4n) is 1.11. The Morgan fingerprint density at radius 3 is 2.59 bits per heavy atom. The van der Waals surface area contributed by atoms with Crippen LogP contribution in [0.3, 0.4) is 0 Å². The second-order valence-corrected chi connectivity index (χ2v) is 5.78. The predicted octanol–water partition coefficient (Wildman–Crippen LogP) is -0.809. The zero-order chi connectivity index (χ0) is 12.9. The van der Waals surface area contributed by atoms with Crippen LogP contribution in [-0.4, -0.2) is 36.4 Å². The highest BCUT2D eigenvalue weighted by molar-refractivity contribution is 7.91. The van der Waals surface area contributed by atoms with Gasteiger partial charge in [-0.25, -0.2) is 14.3 Å². The van der Waals surface area contributed by atoms with Crippen LogP contribution < -0.4 is 22.3 Å². The monoisotopic (exact) mass is 260 g/mol. The summed E-state index contributed by atoms with van der Waals surface area (Å²) in [6, 6.07) is 1.54. The second kappa shape index (κ2) is 5.64. The fraction of sp³-hybridized carbons (Fsp3) is 0.500. The van der Waals surface area contributed by atoms with Crippen LogP contribution in [0.25, 0.3) is 0 Å². The van der Waals surface area contributed by atoms with Crippen molar-refractivity contribution in [3.05, 3.63) is 6.07 Å². The number of rotatable bonds is 6. The van der Waals surface area contributed by atoms with E-state index in [1.54, 1.807) is 6.92 Å². The molecular formula is C8H16N6O2S. The van der Waals surface area contributed by atoms with Crippen molar-refractivity contribution in [2.45, 2.75) is 6.92 Å². The van der Waals surface area contributed by atoms with Crippen LogP contribution in [0, 0.1) is 0 Å². The lowest BCUT2D eigenvalue weighted by atomic mass is 10.5. The number of hydrogen-bond acceptors (Lipinski definition) is 8. The van der Waals surface area contributed by atoms with E-state index in [4.69, 9.17) is 11.6 Å². The molecule has 0 saturated carbocycles. The number of nitrogens with zero attached hydrogens (tertiary/aromatic N) is 2. The van der Waals surface area contributed by atoms with Crippen molar-refractivity contribution < 1.29 is 8.42 Å². The highest BCUT2D eigenvalue weighted by Gasteiger charge is 2.07. The number of sulfone groups is 1. The summed E-state index contributed by atoms with van der Waals surface area (Å²) in [7, 11) is -2.99. The third-order valence-electron chi connectivity index (χ3n) is 2.05. The quantitative estimate of drug-likeness (QED) is 0.385. The molecule has 0 aliphatic heterocycles. The van der Waals surface area contributed by atoms with Crippen LogP contribution in [0.15, 0.2) is 6.07 Å². The Bertz CT molecular complexity index is 475. The van der Waals surface area contributed by atoms with Crippen molar-refractivity contribution in [1.82, 2.24) is 9.97 Å². The molecule has 0 unspecified atom stereocenters. The standard InChI is InChI=1S/C8H16N6O2S/c1-2-17(15,16)4-3-11-6-5-7(14-10)13-8(9)12-6/h5H,2-4,10H2,1H3,(H4,9,11,12,13,14). The number of anilines is 3. The van der Waals surface area contributed by atoms with E-state index in [1.807, 2.05) is 0 Å². The van der Waals surface area contributed by atoms with Crippen molar-refractivity contribution >= 4 is 27.4 Å². The van der Waals surface area contributed by atoms with Crippen LogP contribution in [0.2, 0.25) is 0 Å². The summed E-state index contributed by atoms with van der Waals surface area (Å²) in [4.78, 5) is 7.69. The van der Waals surface area contributed by atoms with Gasteiger partial charge in [0.25, 0.3) is 0 Å². The van der Waals surface area contributed by atoms with E-state index in [1.165, 1.54) is 6.07 Å². The molecule has 0 aliphatic carbocycles. The van der Waals surface area contributed by atoms with E-state index >= 15 is 0 Å². The van der Waals surface area contributed by atoms with Crippen molar-refractivity contribution in [2.75, 3.05) is 34.5 Å². The van der Waals surface area contributed by atoms with Gasteiger partial charge in [-0.2, -0.15) is 9.97 Å². The van der Waals surface area contributed by atoms with E-state index < -0.39 is 9.84 Å². The Kier molecular flexibility index (Phi) is 4.46. The molecule has 17 heavy (non-hydrogen) atoms.